The molecule has 4 rings (SSSR count). The van der Waals surface area contributed by atoms with Crippen molar-refractivity contribution in [2.75, 3.05) is 4.90 Å². The molecule has 1 aliphatic heterocycles. The van der Waals surface area contributed by atoms with E-state index in [2.05, 4.69) is 0 Å². The summed E-state index contributed by atoms with van der Waals surface area (Å²) in [5.41, 5.74) is 2.18. The van der Waals surface area contributed by atoms with Gasteiger partial charge in [0.25, 0.3) is 0 Å². The van der Waals surface area contributed by atoms with Crippen molar-refractivity contribution in [2.45, 2.75) is 31.1 Å². The van der Waals surface area contributed by atoms with Crippen molar-refractivity contribution in [2.24, 2.45) is 0 Å². The highest BCUT2D eigenvalue weighted by atomic mass is 19.1. The van der Waals surface area contributed by atoms with E-state index < -0.39 is 36.1 Å². The number of carbonyl (C=O) groups is 2. The first-order chi connectivity index (χ1) is 15.4. The number of aliphatic hydroxyl groups is 1. The lowest BCUT2D eigenvalue weighted by atomic mass is 9.93. The van der Waals surface area contributed by atoms with E-state index in [9.17, 15) is 24.2 Å². The number of hydrogen-bond donors (Lipinski definition) is 2. The summed E-state index contributed by atoms with van der Waals surface area (Å²) in [7, 11) is 0. The highest BCUT2D eigenvalue weighted by Gasteiger charge is 2.46. The van der Waals surface area contributed by atoms with Gasteiger partial charge in [0.15, 0.2) is 6.10 Å². The van der Waals surface area contributed by atoms with Crippen LogP contribution in [0.3, 0.4) is 0 Å². The van der Waals surface area contributed by atoms with E-state index in [0.29, 0.717) is 24.1 Å². The van der Waals surface area contributed by atoms with Crippen LogP contribution >= 0.6 is 0 Å². The fraction of sp³-hybridized carbons (Fsp3) is 0.200. The summed E-state index contributed by atoms with van der Waals surface area (Å²) in [6, 6.07) is 20.5. The Labute approximate surface area is 184 Å². The van der Waals surface area contributed by atoms with Gasteiger partial charge in [0.1, 0.15) is 11.9 Å². The van der Waals surface area contributed by atoms with E-state index in [1.165, 1.54) is 41.3 Å². The lowest BCUT2D eigenvalue weighted by Crippen LogP contribution is -2.35. The molecule has 0 saturated carbocycles. The second-order valence-electron chi connectivity index (χ2n) is 7.66. The number of aromatic carboxylic acids is 1. The molecule has 1 aliphatic rings. The SMILES string of the molecule is O=C(O)c1ccc([C@@H]2C([C@H](O)CCc3ccccc3)OC(=O)N2c2ccc(F)cc2)cc1. The summed E-state index contributed by atoms with van der Waals surface area (Å²) < 4.78 is 19.0. The average molecular weight is 435 g/mol. The Morgan fingerprint density at radius 2 is 1.66 bits per heavy atom. The standard InChI is InChI=1S/C25H22FNO5/c26-19-11-13-20(14-12-19)27-22(17-7-9-18(10-8-17)24(29)30)23(32-25(27)31)21(28)15-6-16-4-2-1-3-5-16/h1-5,7-14,21-23,28H,6,15H2,(H,29,30)/t21-,22-,23?/m1/s1. The van der Waals surface area contributed by atoms with Crippen LogP contribution in [-0.4, -0.2) is 34.5 Å². The second-order valence-corrected chi connectivity index (χ2v) is 7.66. The van der Waals surface area contributed by atoms with Gasteiger partial charge in [-0.1, -0.05) is 42.5 Å². The monoisotopic (exact) mass is 435 g/mol. The molecule has 7 heteroatoms. The van der Waals surface area contributed by atoms with Gasteiger partial charge in [-0.05, 0) is 60.4 Å². The molecule has 32 heavy (non-hydrogen) atoms. The maximum Gasteiger partial charge on any atom is 0.415 e. The van der Waals surface area contributed by atoms with Crippen LogP contribution < -0.4 is 4.90 Å². The summed E-state index contributed by atoms with van der Waals surface area (Å²) in [4.78, 5) is 25.4. The second kappa shape index (κ2) is 9.20. The molecule has 1 saturated heterocycles. The van der Waals surface area contributed by atoms with Crippen LogP contribution in [0.15, 0.2) is 78.9 Å². The number of carboxylic acids is 1. The predicted octanol–water partition coefficient (Wildman–Crippen LogP) is 4.58. The van der Waals surface area contributed by atoms with Crippen LogP contribution in [0.4, 0.5) is 14.9 Å². The minimum absolute atomic E-state index is 0.105. The maximum atomic E-state index is 13.4. The molecule has 0 aliphatic carbocycles. The molecule has 0 aromatic heterocycles. The van der Waals surface area contributed by atoms with Gasteiger partial charge in [-0.2, -0.15) is 0 Å². The van der Waals surface area contributed by atoms with E-state index in [1.54, 1.807) is 12.1 Å². The number of cyclic esters (lactones) is 1. The van der Waals surface area contributed by atoms with E-state index in [1.807, 2.05) is 30.3 Å². The van der Waals surface area contributed by atoms with E-state index in [-0.39, 0.29) is 5.56 Å². The number of hydrogen-bond acceptors (Lipinski definition) is 4. The maximum absolute atomic E-state index is 13.4. The number of anilines is 1. The molecule has 0 bridgehead atoms. The summed E-state index contributed by atoms with van der Waals surface area (Å²) in [6.45, 7) is 0. The molecule has 0 spiro atoms. The average Bonchev–Trinajstić information content (AvgIpc) is 3.16. The Kier molecular flexibility index (Phi) is 6.18. The van der Waals surface area contributed by atoms with Crippen LogP contribution in [0, 0.1) is 5.82 Å². The fourth-order valence-corrected chi connectivity index (χ4v) is 3.94. The Hall–Kier alpha value is -3.71. The highest BCUT2D eigenvalue weighted by Crippen LogP contribution is 2.39. The quantitative estimate of drug-likeness (QED) is 0.567. The van der Waals surface area contributed by atoms with Crippen molar-refractivity contribution in [3.8, 4) is 0 Å². The zero-order chi connectivity index (χ0) is 22.7. The third-order valence-corrected chi connectivity index (χ3v) is 5.58. The Bertz CT molecular complexity index is 1090. The van der Waals surface area contributed by atoms with Crippen molar-refractivity contribution in [1.82, 2.24) is 0 Å². The molecule has 3 atom stereocenters. The summed E-state index contributed by atoms with van der Waals surface area (Å²) in [6.07, 6.45) is -1.55. The zero-order valence-corrected chi connectivity index (χ0v) is 17.1. The molecule has 3 aromatic rings. The Morgan fingerprint density at radius 1 is 1.00 bits per heavy atom. The minimum atomic E-state index is -1.06. The number of nitrogens with zero attached hydrogens (tertiary/aromatic N) is 1. The van der Waals surface area contributed by atoms with Crippen LogP contribution in [0.25, 0.3) is 0 Å². The fourth-order valence-electron chi connectivity index (χ4n) is 3.94. The molecule has 2 N–H and O–H groups in total. The number of rotatable bonds is 7. The first kappa shape index (κ1) is 21.5. The number of halogens is 1. The predicted molar refractivity (Wildman–Crippen MR) is 116 cm³/mol. The van der Waals surface area contributed by atoms with E-state index in [4.69, 9.17) is 4.74 Å². The van der Waals surface area contributed by atoms with Crippen molar-refractivity contribution < 1.29 is 28.9 Å². The topological polar surface area (TPSA) is 87.1 Å². The molecule has 1 fully saturated rings. The number of carbonyl (C=O) groups excluding carboxylic acids is 1. The normalized spacial score (nSPS) is 18.9. The first-order valence-electron chi connectivity index (χ1n) is 10.2. The van der Waals surface area contributed by atoms with Gasteiger partial charge in [-0.3, -0.25) is 4.90 Å². The molecule has 3 aromatic carbocycles. The molecule has 1 heterocycles. The van der Waals surface area contributed by atoms with Crippen molar-refractivity contribution >= 4 is 17.7 Å². The summed E-state index contributed by atoms with van der Waals surface area (Å²) in [5.74, 6) is -1.51. The number of amides is 1. The first-order valence-corrected chi connectivity index (χ1v) is 10.2. The number of carboxylic acid groups (broad SMARTS) is 1. The van der Waals surface area contributed by atoms with E-state index >= 15 is 0 Å². The van der Waals surface area contributed by atoms with Crippen LogP contribution in [0.2, 0.25) is 0 Å². The largest absolute Gasteiger partial charge is 0.478 e. The van der Waals surface area contributed by atoms with Gasteiger partial charge in [0.05, 0.1) is 11.7 Å². The van der Waals surface area contributed by atoms with Gasteiger partial charge in [-0.15, -0.1) is 0 Å². The molecule has 1 unspecified atom stereocenters. The molecular weight excluding hydrogens is 413 g/mol. The number of benzene rings is 3. The molecule has 1 amide bonds. The van der Waals surface area contributed by atoms with Gasteiger partial charge in [0.2, 0.25) is 0 Å². The molecular formula is C25H22FNO5. The van der Waals surface area contributed by atoms with Gasteiger partial charge in [-0.25, -0.2) is 14.0 Å². The molecule has 6 nitrogen and oxygen atoms in total. The Morgan fingerprint density at radius 3 is 2.28 bits per heavy atom. The molecule has 0 radical (unpaired) electrons. The number of ether oxygens (including phenoxy) is 1. The van der Waals surface area contributed by atoms with E-state index in [0.717, 1.165) is 5.56 Å². The smallest absolute Gasteiger partial charge is 0.415 e. The van der Waals surface area contributed by atoms with Crippen molar-refractivity contribution in [3.63, 3.8) is 0 Å². The van der Waals surface area contributed by atoms with Crippen LogP contribution in [-0.2, 0) is 11.2 Å². The zero-order valence-electron chi connectivity index (χ0n) is 17.1. The minimum Gasteiger partial charge on any atom is -0.478 e. The summed E-state index contributed by atoms with van der Waals surface area (Å²) in [5, 5.41) is 20.1. The molecule has 164 valence electrons. The van der Waals surface area contributed by atoms with Gasteiger partial charge in [0, 0.05) is 5.69 Å². The number of aryl methyl sites for hydroxylation is 1. The Balaban J connectivity index is 1.65. The summed E-state index contributed by atoms with van der Waals surface area (Å²) >= 11 is 0. The number of aliphatic hydroxyl groups excluding tert-OH is 1. The lowest BCUT2D eigenvalue weighted by molar-refractivity contribution is 0.0146. The van der Waals surface area contributed by atoms with Crippen molar-refractivity contribution in [3.05, 3.63) is 101 Å². The van der Waals surface area contributed by atoms with Gasteiger partial charge >= 0.3 is 12.1 Å². The van der Waals surface area contributed by atoms with Crippen LogP contribution in [0.5, 0.6) is 0 Å². The third kappa shape index (κ3) is 4.48. The third-order valence-electron chi connectivity index (χ3n) is 5.58. The van der Waals surface area contributed by atoms with Crippen LogP contribution in [0.1, 0.15) is 33.9 Å². The van der Waals surface area contributed by atoms with Gasteiger partial charge < -0.3 is 14.9 Å². The van der Waals surface area contributed by atoms with Crippen molar-refractivity contribution in [1.29, 1.82) is 0 Å². The lowest BCUT2D eigenvalue weighted by Gasteiger charge is -2.27. The highest BCUT2D eigenvalue weighted by molar-refractivity contribution is 5.91.